The summed E-state index contributed by atoms with van der Waals surface area (Å²) in [6.07, 6.45) is 5.03. The average Bonchev–Trinajstić information content (AvgIpc) is 2.85. The van der Waals surface area contributed by atoms with E-state index in [0.717, 1.165) is 0 Å². The number of aryl methyl sites for hydroxylation is 1. The monoisotopic (exact) mass is 230 g/mol. The van der Waals surface area contributed by atoms with Crippen LogP contribution in [0, 0.1) is 6.92 Å². The molecule has 1 saturated heterocycles. The molecule has 2 nitrogen and oxygen atoms in total. The van der Waals surface area contributed by atoms with Gasteiger partial charge in [-0.05, 0) is 56.8 Å². The SMILES string of the molecule is Cc1ccccc1C(N1CCCC1)C1(N)CC1. The summed E-state index contributed by atoms with van der Waals surface area (Å²) in [6, 6.07) is 9.20. The Bertz CT molecular complexity index is 403. The normalized spacial score (nSPS) is 24.8. The van der Waals surface area contributed by atoms with Crippen molar-refractivity contribution in [1.29, 1.82) is 0 Å². The second-order valence-corrected chi connectivity index (χ2v) is 5.74. The van der Waals surface area contributed by atoms with E-state index in [4.69, 9.17) is 5.73 Å². The summed E-state index contributed by atoms with van der Waals surface area (Å²) >= 11 is 0. The maximum absolute atomic E-state index is 6.53. The third-order valence-electron chi connectivity index (χ3n) is 4.36. The molecule has 1 atom stereocenters. The topological polar surface area (TPSA) is 29.3 Å². The Morgan fingerprint density at radius 3 is 2.41 bits per heavy atom. The van der Waals surface area contributed by atoms with Gasteiger partial charge in [0.1, 0.15) is 0 Å². The van der Waals surface area contributed by atoms with Crippen molar-refractivity contribution >= 4 is 0 Å². The second kappa shape index (κ2) is 4.11. The van der Waals surface area contributed by atoms with Crippen LogP contribution in [0.4, 0.5) is 0 Å². The van der Waals surface area contributed by atoms with Crippen molar-refractivity contribution < 1.29 is 0 Å². The van der Waals surface area contributed by atoms with Gasteiger partial charge in [0.2, 0.25) is 0 Å². The van der Waals surface area contributed by atoms with Gasteiger partial charge in [-0.2, -0.15) is 0 Å². The van der Waals surface area contributed by atoms with Crippen LogP contribution < -0.4 is 5.73 Å². The quantitative estimate of drug-likeness (QED) is 0.865. The minimum Gasteiger partial charge on any atom is -0.323 e. The fourth-order valence-corrected chi connectivity index (χ4v) is 3.18. The predicted octanol–water partition coefficient (Wildman–Crippen LogP) is 2.62. The summed E-state index contributed by atoms with van der Waals surface area (Å²) in [4.78, 5) is 2.61. The first-order valence-electron chi connectivity index (χ1n) is 6.79. The van der Waals surface area contributed by atoms with Gasteiger partial charge in [0.05, 0.1) is 6.04 Å². The summed E-state index contributed by atoms with van der Waals surface area (Å²) < 4.78 is 0. The summed E-state index contributed by atoms with van der Waals surface area (Å²) in [6.45, 7) is 4.65. The average molecular weight is 230 g/mol. The molecule has 1 aromatic carbocycles. The van der Waals surface area contributed by atoms with Gasteiger partial charge in [-0.3, -0.25) is 4.90 Å². The maximum atomic E-state index is 6.53. The standard InChI is InChI=1S/C15H22N2/c1-12-6-2-3-7-13(12)14(15(16)8-9-15)17-10-4-5-11-17/h2-3,6-7,14H,4-5,8-11,16H2,1H3. The molecule has 0 spiro atoms. The van der Waals surface area contributed by atoms with Crippen LogP contribution in [0.5, 0.6) is 0 Å². The second-order valence-electron chi connectivity index (χ2n) is 5.74. The molecule has 0 radical (unpaired) electrons. The lowest BCUT2D eigenvalue weighted by molar-refractivity contribution is 0.201. The number of likely N-dealkylation sites (tertiary alicyclic amines) is 1. The molecule has 1 aliphatic carbocycles. The van der Waals surface area contributed by atoms with E-state index in [1.807, 2.05) is 0 Å². The van der Waals surface area contributed by atoms with Crippen LogP contribution in [0.1, 0.15) is 42.9 Å². The highest BCUT2D eigenvalue weighted by atomic mass is 15.2. The first kappa shape index (κ1) is 11.2. The largest absolute Gasteiger partial charge is 0.323 e. The fourth-order valence-electron chi connectivity index (χ4n) is 3.18. The summed E-state index contributed by atoms with van der Waals surface area (Å²) in [7, 11) is 0. The first-order chi connectivity index (χ1) is 8.21. The number of nitrogens with two attached hydrogens (primary N) is 1. The Balaban J connectivity index is 1.96. The van der Waals surface area contributed by atoms with E-state index in [2.05, 4.69) is 36.1 Å². The van der Waals surface area contributed by atoms with Gasteiger partial charge in [-0.25, -0.2) is 0 Å². The van der Waals surface area contributed by atoms with Crippen LogP contribution in [0.2, 0.25) is 0 Å². The summed E-state index contributed by atoms with van der Waals surface area (Å²) in [5.74, 6) is 0. The minimum atomic E-state index is 0.0520. The first-order valence-corrected chi connectivity index (χ1v) is 6.79. The molecule has 2 N–H and O–H groups in total. The Morgan fingerprint density at radius 1 is 1.18 bits per heavy atom. The predicted molar refractivity (Wildman–Crippen MR) is 70.9 cm³/mol. The van der Waals surface area contributed by atoms with Crippen molar-refractivity contribution in [2.45, 2.75) is 44.2 Å². The van der Waals surface area contributed by atoms with Gasteiger partial charge in [0, 0.05) is 5.54 Å². The molecule has 1 saturated carbocycles. The van der Waals surface area contributed by atoms with Crippen molar-refractivity contribution in [1.82, 2.24) is 4.90 Å². The van der Waals surface area contributed by atoms with E-state index in [9.17, 15) is 0 Å². The molecule has 1 aromatic rings. The number of benzene rings is 1. The molecule has 2 heteroatoms. The van der Waals surface area contributed by atoms with Crippen LogP contribution in [-0.4, -0.2) is 23.5 Å². The van der Waals surface area contributed by atoms with E-state index in [-0.39, 0.29) is 5.54 Å². The molecule has 1 aliphatic heterocycles. The number of rotatable bonds is 3. The molecule has 3 rings (SSSR count). The Morgan fingerprint density at radius 2 is 1.82 bits per heavy atom. The lowest BCUT2D eigenvalue weighted by Crippen LogP contribution is -2.42. The van der Waals surface area contributed by atoms with E-state index in [0.29, 0.717) is 6.04 Å². The smallest absolute Gasteiger partial charge is 0.0530 e. The molecular weight excluding hydrogens is 208 g/mol. The van der Waals surface area contributed by atoms with Crippen molar-refractivity contribution in [2.75, 3.05) is 13.1 Å². The fraction of sp³-hybridized carbons (Fsp3) is 0.600. The Kier molecular flexibility index (Phi) is 2.72. The zero-order chi connectivity index (χ0) is 11.9. The van der Waals surface area contributed by atoms with Gasteiger partial charge in [0.25, 0.3) is 0 Å². The molecule has 1 unspecified atom stereocenters. The van der Waals surface area contributed by atoms with Crippen LogP contribution in [0.25, 0.3) is 0 Å². The van der Waals surface area contributed by atoms with Crippen LogP contribution >= 0.6 is 0 Å². The van der Waals surface area contributed by atoms with Gasteiger partial charge in [-0.1, -0.05) is 24.3 Å². The lowest BCUT2D eigenvalue weighted by atomic mass is 9.93. The van der Waals surface area contributed by atoms with Gasteiger partial charge in [-0.15, -0.1) is 0 Å². The van der Waals surface area contributed by atoms with Crippen LogP contribution in [0.3, 0.4) is 0 Å². The Labute approximate surface area is 104 Å². The van der Waals surface area contributed by atoms with E-state index in [1.165, 1.54) is 49.9 Å². The molecule has 2 aliphatic rings. The highest BCUT2D eigenvalue weighted by molar-refractivity contribution is 5.33. The van der Waals surface area contributed by atoms with Crippen molar-refractivity contribution in [3.8, 4) is 0 Å². The number of nitrogens with zero attached hydrogens (tertiary/aromatic N) is 1. The maximum Gasteiger partial charge on any atom is 0.0530 e. The summed E-state index contributed by atoms with van der Waals surface area (Å²) in [5, 5.41) is 0. The molecule has 17 heavy (non-hydrogen) atoms. The minimum absolute atomic E-state index is 0.0520. The molecule has 0 amide bonds. The van der Waals surface area contributed by atoms with Gasteiger partial charge < -0.3 is 5.73 Å². The third kappa shape index (κ3) is 2.00. The van der Waals surface area contributed by atoms with Crippen LogP contribution in [-0.2, 0) is 0 Å². The highest BCUT2D eigenvalue weighted by Gasteiger charge is 2.49. The molecule has 0 bridgehead atoms. The molecule has 0 aromatic heterocycles. The summed E-state index contributed by atoms with van der Waals surface area (Å²) in [5.41, 5.74) is 9.43. The van der Waals surface area contributed by atoms with E-state index >= 15 is 0 Å². The molecular formula is C15H22N2. The highest BCUT2D eigenvalue weighted by Crippen LogP contribution is 2.48. The number of hydrogen-bond acceptors (Lipinski definition) is 2. The molecule has 2 fully saturated rings. The zero-order valence-corrected chi connectivity index (χ0v) is 10.7. The van der Waals surface area contributed by atoms with Gasteiger partial charge >= 0.3 is 0 Å². The van der Waals surface area contributed by atoms with Crippen molar-refractivity contribution in [2.24, 2.45) is 5.73 Å². The van der Waals surface area contributed by atoms with Gasteiger partial charge in [0.15, 0.2) is 0 Å². The number of hydrogen-bond donors (Lipinski definition) is 1. The van der Waals surface area contributed by atoms with Crippen molar-refractivity contribution in [3.63, 3.8) is 0 Å². The Hall–Kier alpha value is -0.860. The molecule has 1 heterocycles. The van der Waals surface area contributed by atoms with E-state index < -0.39 is 0 Å². The van der Waals surface area contributed by atoms with Crippen LogP contribution in [0.15, 0.2) is 24.3 Å². The molecule has 92 valence electrons. The van der Waals surface area contributed by atoms with E-state index in [1.54, 1.807) is 0 Å². The van der Waals surface area contributed by atoms with Crippen molar-refractivity contribution in [3.05, 3.63) is 35.4 Å². The third-order valence-corrected chi connectivity index (χ3v) is 4.36. The lowest BCUT2D eigenvalue weighted by Gasteiger charge is -2.34. The zero-order valence-electron chi connectivity index (χ0n) is 10.7.